The lowest BCUT2D eigenvalue weighted by Crippen LogP contribution is -2.56. The molecule has 3 fully saturated rings. The zero-order chi connectivity index (χ0) is 12.9. The molecular weight excluding hydrogens is 228 g/mol. The van der Waals surface area contributed by atoms with Crippen LogP contribution in [0.2, 0.25) is 0 Å². The molecule has 100 valence electrons. The Morgan fingerprint density at radius 3 is 1.56 bits per heavy atom. The summed E-state index contributed by atoms with van der Waals surface area (Å²) in [6.45, 7) is 4.26. The minimum atomic E-state index is -0.745. The van der Waals surface area contributed by atoms with Crippen LogP contribution < -0.4 is 10.6 Å². The molecule has 0 bridgehead atoms. The van der Waals surface area contributed by atoms with Crippen molar-refractivity contribution in [1.29, 1.82) is 0 Å². The first-order valence-electron chi connectivity index (χ1n) is 7.15. The van der Waals surface area contributed by atoms with E-state index < -0.39 is 5.41 Å². The van der Waals surface area contributed by atoms with Gasteiger partial charge in [0, 0.05) is 12.1 Å². The highest BCUT2D eigenvalue weighted by Crippen LogP contribution is 2.43. The molecule has 0 radical (unpaired) electrons. The van der Waals surface area contributed by atoms with E-state index in [4.69, 9.17) is 0 Å². The molecule has 0 spiro atoms. The number of amides is 2. The van der Waals surface area contributed by atoms with Crippen LogP contribution in [0.5, 0.6) is 0 Å². The van der Waals surface area contributed by atoms with Crippen molar-refractivity contribution in [2.24, 2.45) is 17.3 Å². The summed E-state index contributed by atoms with van der Waals surface area (Å²) in [5.74, 6) is 1.10. The maximum atomic E-state index is 12.3. The van der Waals surface area contributed by atoms with E-state index in [-0.39, 0.29) is 11.8 Å². The topological polar surface area (TPSA) is 58.2 Å². The Kier molecular flexibility index (Phi) is 2.65. The van der Waals surface area contributed by atoms with Crippen molar-refractivity contribution in [2.45, 2.75) is 58.0 Å². The van der Waals surface area contributed by atoms with Crippen LogP contribution in [0.15, 0.2) is 0 Å². The Hall–Kier alpha value is -1.06. The predicted octanol–water partition coefficient (Wildman–Crippen LogP) is 1.21. The molecule has 0 aliphatic heterocycles. The van der Waals surface area contributed by atoms with E-state index in [1.165, 1.54) is 0 Å². The monoisotopic (exact) mass is 250 g/mol. The summed E-state index contributed by atoms with van der Waals surface area (Å²) in [4.78, 5) is 24.6. The first kappa shape index (κ1) is 12.0. The van der Waals surface area contributed by atoms with Crippen molar-refractivity contribution in [3.63, 3.8) is 0 Å². The number of hydrogen-bond acceptors (Lipinski definition) is 2. The number of carbonyl (C=O) groups excluding carboxylic acids is 2. The highest BCUT2D eigenvalue weighted by molar-refractivity contribution is 6.06. The summed E-state index contributed by atoms with van der Waals surface area (Å²) < 4.78 is 0. The third-order valence-electron chi connectivity index (χ3n) is 4.93. The third-order valence-corrected chi connectivity index (χ3v) is 4.93. The Labute approximate surface area is 108 Å². The molecule has 3 rings (SSSR count). The van der Waals surface area contributed by atoms with Gasteiger partial charge >= 0.3 is 0 Å². The van der Waals surface area contributed by atoms with Gasteiger partial charge in [0.05, 0.1) is 0 Å². The van der Waals surface area contributed by atoms with E-state index in [0.717, 1.165) is 19.3 Å². The molecule has 4 heteroatoms. The molecule has 2 N–H and O–H groups in total. The molecule has 0 unspecified atom stereocenters. The molecule has 18 heavy (non-hydrogen) atoms. The maximum absolute atomic E-state index is 12.3. The van der Waals surface area contributed by atoms with E-state index in [9.17, 15) is 9.59 Å². The first-order valence-corrected chi connectivity index (χ1v) is 7.15. The number of carbonyl (C=O) groups is 2. The predicted molar refractivity (Wildman–Crippen MR) is 67.7 cm³/mol. The normalized spacial score (nSPS) is 39.4. The fourth-order valence-electron chi connectivity index (χ4n) is 2.75. The molecule has 4 atom stereocenters. The van der Waals surface area contributed by atoms with E-state index in [1.807, 2.05) is 0 Å². The lowest BCUT2D eigenvalue weighted by molar-refractivity contribution is -0.149. The van der Waals surface area contributed by atoms with Crippen LogP contribution in [0.4, 0.5) is 0 Å². The summed E-state index contributed by atoms with van der Waals surface area (Å²) in [6.07, 6.45) is 4.53. The number of rotatable bonds is 4. The Morgan fingerprint density at radius 2 is 1.33 bits per heavy atom. The van der Waals surface area contributed by atoms with Gasteiger partial charge in [-0.05, 0) is 37.5 Å². The summed E-state index contributed by atoms with van der Waals surface area (Å²) in [5.41, 5.74) is -0.745. The highest BCUT2D eigenvalue weighted by atomic mass is 16.2. The lowest BCUT2D eigenvalue weighted by Gasteiger charge is -2.38. The van der Waals surface area contributed by atoms with E-state index in [2.05, 4.69) is 24.5 Å². The van der Waals surface area contributed by atoms with Crippen molar-refractivity contribution in [2.75, 3.05) is 0 Å². The average molecular weight is 250 g/mol. The number of nitrogens with one attached hydrogen (secondary N) is 2. The van der Waals surface area contributed by atoms with Gasteiger partial charge in [-0.25, -0.2) is 0 Å². The molecular formula is C14H22N2O2. The average Bonchev–Trinajstić information content (AvgIpc) is 3.08. The maximum Gasteiger partial charge on any atom is 0.235 e. The molecule has 2 amide bonds. The molecule has 0 aromatic carbocycles. The quantitative estimate of drug-likeness (QED) is 0.737. The molecule has 0 saturated heterocycles. The summed E-state index contributed by atoms with van der Waals surface area (Å²) in [7, 11) is 0. The van der Waals surface area contributed by atoms with Gasteiger partial charge in [0.1, 0.15) is 5.41 Å². The molecule has 0 aromatic heterocycles. The zero-order valence-electron chi connectivity index (χ0n) is 11.2. The van der Waals surface area contributed by atoms with E-state index in [1.54, 1.807) is 0 Å². The van der Waals surface area contributed by atoms with Crippen LogP contribution >= 0.6 is 0 Å². The van der Waals surface area contributed by atoms with Gasteiger partial charge in [0.25, 0.3) is 0 Å². The summed E-state index contributed by atoms with van der Waals surface area (Å²) >= 11 is 0. The Morgan fingerprint density at radius 1 is 0.944 bits per heavy atom. The first-order chi connectivity index (χ1) is 8.53. The zero-order valence-corrected chi connectivity index (χ0v) is 11.2. The van der Waals surface area contributed by atoms with Gasteiger partial charge in [0.15, 0.2) is 0 Å². The smallest absolute Gasteiger partial charge is 0.235 e. The van der Waals surface area contributed by atoms with Crippen molar-refractivity contribution in [3.05, 3.63) is 0 Å². The van der Waals surface area contributed by atoms with Crippen molar-refractivity contribution in [1.82, 2.24) is 10.6 Å². The van der Waals surface area contributed by atoms with Crippen LogP contribution in [0.3, 0.4) is 0 Å². The fraction of sp³-hybridized carbons (Fsp3) is 0.857. The lowest BCUT2D eigenvalue weighted by atomic mass is 9.67. The molecule has 4 nitrogen and oxygen atoms in total. The van der Waals surface area contributed by atoms with Gasteiger partial charge in [-0.2, -0.15) is 0 Å². The Balaban J connectivity index is 1.61. The second kappa shape index (κ2) is 3.97. The molecule has 3 aliphatic carbocycles. The number of hydrogen-bond donors (Lipinski definition) is 2. The van der Waals surface area contributed by atoms with Gasteiger partial charge in [-0.3, -0.25) is 9.59 Å². The second-order valence-corrected chi connectivity index (χ2v) is 6.52. The van der Waals surface area contributed by atoms with Gasteiger partial charge < -0.3 is 10.6 Å². The van der Waals surface area contributed by atoms with Gasteiger partial charge in [-0.1, -0.05) is 20.3 Å². The molecule has 3 saturated carbocycles. The summed E-state index contributed by atoms with van der Waals surface area (Å²) in [5, 5.41) is 6.06. The molecule has 0 aromatic rings. The van der Waals surface area contributed by atoms with E-state index in [0.29, 0.717) is 36.8 Å². The van der Waals surface area contributed by atoms with Crippen LogP contribution in [-0.4, -0.2) is 23.9 Å². The second-order valence-electron chi connectivity index (χ2n) is 6.52. The van der Waals surface area contributed by atoms with Crippen molar-refractivity contribution < 1.29 is 9.59 Å². The Bertz CT molecular complexity index is 357. The summed E-state index contributed by atoms with van der Waals surface area (Å²) in [6, 6.07) is 0.616. The van der Waals surface area contributed by atoms with Crippen molar-refractivity contribution >= 4 is 11.8 Å². The van der Waals surface area contributed by atoms with Crippen LogP contribution in [0.25, 0.3) is 0 Å². The molecule has 3 aliphatic rings. The van der Waals surface area contributed by atoms with Crippen LogP contribution in [0, 0.1) is 17.3 Å². The largest absolute Gasteiger partial charge is 0.352 e. The fourth-order valence-corrected chi connectivity index (χ4v) is 2.75. The standard InChI is InChI=1S/C14H22N2O2/c1-8-6-10(8)15-12(17)14(4-3-5-14)13(18)16-11-7-9(11)2/h8-11H,3-7H2,1-2H3,(H,15,17)(H,16,18)/t8-,9-,10-,11+/m1/s1. The van der Waals surface area contributed by atoms with Crippen LogP contribution in [-0.2, 0) is 9.59 Å². The minimum absolute atomic E-state index is 0.0334. The SMILES string of the molecule is C[C@@H]1C[C@@H]1NC(=O)C1(C(=O)N[C@@H]2C[C@H]2C)CCC1. The highest BCUT2D eigenvalue weighted by Gasteiger charge is 2.53. The minimum Gasteiger partial charge on any atom is -0.352 e. The van der Waals surface area contributed by atoms with Crippen LogP contribution in [0.1, 0.15) is 46.0 Å². The van der Waals surface area contributed by atoms with Gasteiger partial charge in [-0.15, -0.1) is 0 Å². The van der Waals surface area contributed by atoms with E-state index >= 15 is 0 Å². The third kappa shape index (κ3) is 1.91. The van der Waals surface area contributed by atoms with Gasteiger partial charge in [0.2, 0.25) is 11.8 Å². The molecule has 0 heterocycles. The van der Waals surface area contributed by atoms with Crippen molar-refractivity contribution in [3.8, 4) is 0 Å².